The maximum Gasteiger partial charge on any atom is 0.224 e. The van der Waals surface area contributed by atoms with E-state index in [0.717, 1.165) is 44.0 Å². The molecule has 1 aromatic carbocycles. The van der Waals surface area contributed by atoms with Crippen LogP contribution in [-0.2, 0) is 9.53 Å². The average molecular weight is 546 g/mol. The van der Waals surface area contributed by atoms with E-state index < -0.39 is 0 Å². The van der Waals surface area contributed by atoms with Crippen LogP contribution in [0.25, 0.3) is 0 Å². The first-order valence-corrected chi connectivity index (χ1v) is 11.2. The summed E-state index contributed by atoms with van der Waals surface area (Å²) in [7, 11) is 0. The summed E-state index contributed by atoms with van der Waals surface area (Å²) in [6, 6.07) is 6.82. The number of ether oxygens (including phenoxy) is 1. The van der Waals surface area contributed by atoms with Gasteiger partial charge in [-0.1, -0.05) is 12.1 Å². The molecule has 2 saturated heterocycles. The first-order chi connectivity index (χ1) is 14.5. The fourth-order valence-corrected chi connectivity index (χ4v) is 4.28. The van der Waals surface area contributed by atoms with Crippen LogP contribution in [0.1, 0.15) is 58.1 Å². The maximum absolute atomic E-state index is 13.3. The molecule has 2 fully saturated rings. The van der Waals surface area contributed by atoms with Gasteiger partial charge < -0.3 is 19.9 Å². The third-order valence-electron chi connectivity index (χ3n) is 5.85. The molecular weight excluding hydrogens is 510 g/mol. The summed E-state index contributed by atoms with van der Waals surface area (Å²) in [6.45, 7) is 9.66. The Kier molecular flexibility index (Phi) is 10.5. The smallest absolute Gasteiger partial charge is 0.224 e. The van der Waals surface area contributed by atoms with E-state index in [1.54, 1.807) is 12.1 Å². The number of nitrogens with zero attached hydrogens (tertiary/aromatic N) is 3. The zero-order valence-electron chi connectivity index (χ0n) is 18.8. The van der Waals surface area contributed by atoms with Crippen molar-refractivity contribution >= 4 is 35.8 Å². The van der Waals surface area contributed by atoms with Crippen LogP contribution in [0.2, 0.25) is 0 Å². The number of carbonyl (C=O) groups excluding carboxylic acids is 1. The number of morpholine rings is 1. The number of rotatable bonds is 5. The van der Waals surface area contributed by atoms with Gasteiger partial charge in [-0.3, -0.25) is 9.79 Å². The topological polar surface area (TPSA) is 57.2 Å². The molecule has 1 aromatic rings. The molecule has 3 atom stereocenters. The van der Waals surface area contributed by atoms with Gasteiger partial charge in [0.15, 0.2) is 5.96 Å². The van der Waals surface area contributed by atoms with E-state index in [0.29, 0.717) is 25.6 Å². The van der Waals surface area contributed by atoms with Crippen LogP contribution in [-0.4, -0.2) is 66.5 Å². The second-order valence-electron chi connectivity index (χ2n) is 8.31. The predicted molar refractivity (Wildman–Crippen MR) is 132 cm³/mol. The number of benzene rings is 1. The summed E-state index contributed by atoms with van der Waals surface area (Å²) in [5.41, 5.74) is 0.957. The molecule has 0 aromatic heterocycles. The molecular formula is C23H36FIN4O2. The van der Waals surface area contributed by atoms with Crippen molar-refractivity contribution in [1.29, 1.82) is 0 Å². The third-order valence-corrected chi connectivity index (χ3v) is 5.85. The first kappa shape index (κ1) is 25.8. The van der Waals surface area contributed by atoms with Crippen LogP contribution in [0.4, 0.5) is 4.39 Å². The Hall–Kier alpha value is -1.42. The highest BCUT2D eigenvalue weighted by atomic mass is 127. The summed E-state index contributed by atoms with van der Waals surface area (Å²) in [6.07, 6.45) is 3.70. The van der Waals surface area contributed by atoms with Crippen LogP contribution < -0.4 is 5.32 Å². The van der Waals surface area contributed by atoms with Gasteiger partial charge in [-0.2, -0.15) is 0 Å². The highest BCUT2D eigenvalue weighted by molar-refractivity contribution is 14.0. The molecule has 0 radical (unpaired) electrons. The Morgan fingerprint density at radius 1 is 1.23 bits per heavy atom. The average Bonchev–Trinajstić information content (AvgIpc) is 2.73. The lowest BCUT2D eigenvalue weighted by molar-refractivity contribution is -0.134. The van der Waals surface area contributed by atoms with Gasteiger partial charge in [0, 0.05) is 32.1 Å². The Labute approximate surface area is 202 Å². The van der Waals surface area contributed by atoms with E-state index in [1.165, 1.54) is 18.6 Å². The Balaban J connectivity index is 0.00000341. The van der Waals surface area contributed by atoms with Gasteiger partial charge in [-0.25, -0.2) is 4.39 Å². The highest BCUT2D eigenvalue weighted by Gasteiger charge is 2.28. The summed E-state index contributed by atoms with van der Waals surface area (Å²) in [5, 5.41) is 3.35. The molecule has 8 heteroatoms. The van der Waals surface area contributed by atoms with Gasteiger partial charge >= 0.3 is 0 Å². The van der Waals surface area contributed by atoms with E-state index in [9.17, 15) is 9.18 Å². The third kappa shape index (κ3) is 7.30. The van der Waals surface area contributed by atoms with Gasteiger partial charge in [0.1, 0.15) is 11.9 Å². The number of hydrogen-bond donors (Lipinski definition) is 1. The summed E-state index contributed by atoms with van der Waals surface area (Å²) >= 11 is 0. The van der Waals surface area contributed by atoms with Crippen molar-refractivity contribution in [3.63, 3.8) is 0 Å². The maximum atomic E-state index is 13.3. The monoisotopic (exact) mass is 546 g/mol. The Bertz CT molecular complexity index is 731. The van der Waals surface area contributed by atoms with Crippen LogP contribution in [0.15, 0.2) is 29.3 Å². The number of nitrogens with one attached hydrogen (secondary N) is 1. The van der Waals surface area contributed by atoms with E-state index in [2.05, 4.69) is 17.1 Å². The van der Waals surface area contributed by atoms with E-state index >= 15 is 0 Å². The molecule has 6 nitrogen and oxygen atoms in total. The predicted octanol–water partition coefficient (Wildman–Crippen LogP) is 3.96. The Morgan fingerprint density at radius 3 is 2.65 bits per heavy atom. The van der Waals surface area contributed by atoms with Crippen molar-refractivity contribution in [2.24, 2.45) is 4.99 Å². The molecule has 0 spiro atoms. The minimum absolute atomic E-state index is 0. The first-order valence-electron chi connectivity index (χ1n) is 11.2. The van der Waals surface area contributed by atoms with Gasteiger partial charge in [-0.15, -0.1) is 24.0 Å². The zero-order valence-corrected chi connectivity index (χ0v) is 21.2. The second kappa shape index (κ2) is 12.6. The summed E-state index contributed by atoms with van der Waals surface area (Å²) in [4.78, 5) is 21.5. The van der Waals surface area contributed by atoms with E-state index in [-0.39, 0.29) is 47.9 Å². The molecule has 2 aliphatic rings. The molecule has 2 aliphatic heterocycles. The fourth-order valence-electron chi connectivity index (χ4n) is 4.28. The lowest BCUT2D eigenvalue weighted by atomic mass is 10.0. The quantitative estimate of drug-likeness (QED) is 0.345. The molecule has 0 saturated carbocycles. The SMILES string of the molecule is CCNC(=NCCC(=O)N1CCCCC1C)N1CC(C)OC(c2ccc(F)cc2)C1.I. The molecule has 1 N–H and O–H groups in total. The minimum Gasteiger partial charge on any atom is -0.367 e. The molecule has 0 aliphatic carbocycles. The van der Waals surface area contributed by atoms with Crippen molar-refractivity contribution < 1.29 is 13.9 Å². The Morgan fingerprint density at radius 2 is 1.97 bits per heavy atom. The van der Waals surface area contributed by atoms with Crippen molar-refractivity contribution in [3.8, 4) is 0 Å². The van der Waals surface area contributed by atoms with Crippen molar-refractivity contribution in [2.75, 3.05) is 32.7 Å². The number of guanidine groups is 1. The van der Waals surface area contributed by atoms with Gasteiger partial charge in [0.05, 0.1) is 19.2 Å². The van der Waals surface area contributed by atoms with Crippen molar-refractivity contribution in [3.05, 3.63) is 35.6 Å². The zero-order chi connectivity index (χ0) is 21.5. The van der Waals surface area contributed by atoms with Crippen molar-refractivity contribution in [1.82, 2.24) is 15.1 Å². The number of carbonyl (C=O) groups is 1. The normalized spacial score (nSPS) is 24.5. The van der Waals surface area contributed by atoms with Crippen LogP contribution in [0.3, 0.4) is 0 Å². The van der Waals surface area contributed by atoms with Gasteiger partial charge in [0.25, 0.3) is 0 Å². The number of amides is 1. The molecule has 174 valence electrons. The van der Waals surface area contributed by atoms with Crippen LogP contribution in [0, 0.1) is 5.82 Å². The molecule has 0 bridgehead atoms. The highest BCUT2D eigenvalue weighted by Crippen LogP contribution is 2.25. The largest absolute Gasteiger partial charge is 0.367 e. The molecule has 1 amide bonds. The molecule has 3 unspecified atom stereocenters. The number of piperidine rings is 1. The number of aliphatic imine (C=N–C) groups is 1. The standard InChI is InChI=1S/C23H35FN4O2.HI/c1-4-25-23(26-13-12-22(29)28-14-6-5-7-17(28)2)27-15-18(3)30-21(16-27)19-8-10-20(24)11-9-19;/h8-11,17-18,21H,4-7,12-16H2,1-3H3,(H,25,26);1H. The lowest BCUT2D eigenvalue weighted by Crippen LogP contribution is -2.50. The lowest BCUT2D eigenvalue weighted by Gasteiger charge is -2.38. The molecule has 3 rings (SSSR count). The molecule has 31 heavy (non-hydrogen) atoms. The van der Waals surface area contributed by atoms with Gasteiger partial charge in [0.2, 0.25) is 5.91 Å². The van der Waals surface area contributed by atoms with Gasteiger partial charge in [-0.05, 0) is 57.7 Å². The van der Waals surface area contributed by atoms with E-state index in [1.807, 2.05) is 18.7 Å². The van der Waals surface area contributed by atoms with Crippen molar-refractivity contribution in [2.45, 2.75) is 64.7 Å². The van der Waals surface area contributed by atoms with Crippen LogP contribution >= 0.6 is 24.0 Å². The minimum atomic E-state index is -0.248. The fraction of sp³-hybridized carbons (Fsp3) is 0.652. The summed E-state index contributed by atoms with van der Waals surface area (Å²) < 4.78 is 19.4. The summed E-state index contributed by atoms with van der Waals surface area (Å²) in [5.74, 6) is 0.752. The van der Waals surface area contributed by atoms with E-state index in [4.69, 9.17) is 9.73 Å². The molecule has 2 heterocycles. The second-order valence-corrected chi connectivity index (χ2v) is 8.31. The number of likely N-dealkylation sites (tertiary alicyclic amines) is 1. The number of halogens is 2. The number of hydrogen-bond acceptors (Lipinski definition) is 3. The van der Waals surface area contributed by atoms with Crippen LogP contribution in [0.5, 0.6) is 0 Å².